The molecule has 0 radical (unpaired) electrons. The van der Waals surface area contributed by atoms with Crippen molar-refractivity contribution in [1.29, 1.82) is 0 Å². The van der Waals surface area contributed by atoms with Crippen LogP contribution in [-0.2, 0) is 14.3 Å². The van der Waals surface area contributed by atoms with Crippen molar-refractivity contribution in [2.75, 3.05) is 26.2 Å². The van der Waals surface area contributed by atoms with Crippen LogP contribution < -0.4 is 5.32 Å². The smallest absolute Gasteiger partial charge is 0.308 e. The highest BCUT2D eigenvalue weighted by Gasteiger charge is 2.22. The van der Waals surface area contributed by atoms with Crippen LogP contribution in [0, 0.1) is 0 Å². The predicted molar refractivity (Wildman–Crippen MR) is 70.5 cm³/mol. The number of nitrogens with zero attached hydrogens (tertiary/aromatic N) is 1. The minimum atomic E-state index is -0.684. The third kappa shape index (κ3) is 6.54. The van der Waals surface area contributed by atoms with Crippen molar-refractivity contribution in [2.24, 2.45) is 0 Å². The van der Waals surface area contributed by atoms with Gasteiger partial charge < -0.3 is 20.1 Å². The molecule has 0 aromatic heterocycles. The van der Waals surface area contributed by atoms with E-state index >= 15 is 0 Å². The minimum absolute atomic E-state index is 0.000737. The largest absolute Gasteiger partial charge is 0.466 e. The SMILES string of the molecule is CCOC(=O)CC(O)CN1CCC(NC(C)=O)CC1. The quantitative estimate of drug-likeness (QED) is 0.660. The number of piperidine rings is 1. The summed E-state index contributed by atoms with van der Waals surface area (Å²) in [7, 11) is 0. The van der Waals surface area contributed by atoms with Crippen LogP contribution in [0.25, 0.3) is 0 Å². The number of amides is 1. The summed E-state index contributed by atoms with van der Waals surface area (Å²) in [6.07, 6.45) is 1.12. The molecule has 0 bridgehead atoms. The molecule has 0 aromatic carbocycles. The van der Waals surface area contributed by atoms with Crippen LogP contribution in [0.4, 0.5) is 0 Å². The molecule has 0 saturated carbocycles. The number of β-amino-alcohol motifs (C(OH)–C–C–N with tert-alkyl or cyclic N) is 1. The van der Waals surface area contributed by atoms with E-state index in [-0.39, 0.29) is 24.3 Å². The fourth-order valence-corrected chi connectivity index (χ4v) is 2.32. The van der Waals surface area contributed by atoms with Crippen molar-refractivity contribution in [3.05, 3.63) is 0 Å². The molecule has 6 heteroatoms. The average molecular weight is 272 g/mol. The van der Waals surface area contributed by atoms with Crippen LogP contribution in [0.2, 0.25) is 0 Å². The Labute approximate surface area is 114 Å². The number of hydrogen-bond acceptors (Lipinski definition) is 5. The third-order valence-corrected chi connectivity index (χ3v) is 3.17. The Kier molecular flexibility index (Phi) is 6.80. The summed E-state index contributed by atoms with van der Waals surface area (Å²) in [6, 6.07) is 0.232. The van der Waals surface area contributed by atoms with Gasteiger partial charge in [-0.2, -0.15) is 0 Å². The van der Waals surface area contributed by atoms with Gasteiger partial charge in [-0.05, 0) is 19.8 Å². The topological polar surface area (TPSA) is 78.9 Å². The van der Waals surface area contributed by atoms with Crippen LogP contribution >= 0.6 is 0 Å². The molecular weight excluding hydrogens is 248 g/mol. The second-order valence-electron chi connectivity index (χ2n) is 4.94. The summed E-state index contributed by atoms with van der Waals surface area (Å²) in [5.41, 5.74) is 0. The number of carbonyl (C=O) groups is 2. The van der Waals surface area contributed by atoms with E-state index in [1.807, 2.05) is 0 Å². The molecular formula is C13H24N2O4. The number of rotatable bonds is 6. The van der Waals surface area contributed by atoms with Crippen molar-refractivity contribution in [3.8, 4) is 0 Å². The zero-order valence-corrected chi connectivity index (χ0v) is 11.7. The number of likely N-dealkylation sites (tertiary alicyclic amines) is 1. The molecule has 1 saturated heterocycles. The first-order valence-corrected chi connectivity index (χ1v) is 6.84. The van der Waals surface area contributed by atoms with E-state index in [0.29, 0.717) is 13.2 Å². The summed E-state index contributed by atoms with van der Waals surface area (Å²) >= 11 is 0. The summed E-state index contributed by atoms with van der Waals surface area (Å²) in [6.45, 7) is 5.74. The molecule has 19 heavy (non-hydrogen) atoms. The van der Waals surface area contributed by atoms with Gasteiger partial charge in [-0.15, -0.1) is 0 Å². The van der Waals surface area contributed by atoms with Crippen molar-refractivity contribution >= 4 is 11.9 Å². The lowest BCUT2D eigenvalue weighted by Crippen LogP contribution is -2.46. The lowest BCUT2D eigenvalue weighted by Gasteiger charge is -2.33. The van der Waals surface area contributed by atoms with Crippen LogP contribution in [0.1, 0.15) is 33.1 Å². The van der Waals surface area contributed by atoms with Crippen LogP contribution in [0.3, 0.4) is 0 Å². The highest BCUT2D eigenvalue weighted by atomic mass is 16.5. The summed E-state index contributed by atoms with van der Waals surface area (Å²) < 4.78 is 4.80. The fraction of sp³-hybridized carbons (Fsp3) is 0.846. The molecule has 6 nitrogen and oxygen atoms in total. The highest BCUT2D eigenvalue weighted by molar-refractivity contribution is 5.73. The molecule has 0 aliphatic carbocycles. The van der Waals surface area contributed by atoms with Gasteiger partial charge in [0.2, 0.25) is 5.91 Å². The zero-order valence-electron chi connectivity index (χ0n) is 11.7. The van der Waals surface area contributed by atoms with Crippen LogP contribution in [-0.4, -0.2) is 60.3 Å². The van der Waals surface area contributed by atoms with Gasteiger partial charge in [0.15, 0.2) is 0 Å². The molecule has 1 heterocycles. The Balaban J connectivity index is 2.21. The minimum Gasteiger partial charge on any atom is -0.466 e. The first kappa shape index (κ1) is 15.9. The number of aliphatic hydroxyl groups excluding tert-OH is 1. The molecule has 1 aliphatic heterocycles. The normalized spacial score (nSPS) is 18.9. The van der Waals surface area contributed by atoms with Gasteiger partial charge in [0.1, 0.15) is 0 Å². The van der Waals surface area contributed by atoms with Crippen LogP contribution in [0.15, 0.2) is 0 Å². The van der Waals surface area contributed by atoms with Crippen molar-refractivity contribution < 1.29 is 19.4 Å². The fourth-order valence-electron chi connectivity index (χ4n) is 2.32. The number of hydrogen-bond donors (Lipinski definition) is 2. The highest BCUT2D eigenvalue weighted by Crippen LogP contribution is 2.11. The molecule has 1 fully saturated rings. The Morgan fingerprint density at radius 2 is 2.05 bits per heavy atom. The van der Waals surface area contributed by atoms with E-state index in [0.717, 1.165) is 25.9 Å². The number of ether oxygens (including phenoxy) is 1. The predicted octanol–water partition coefficient (Wildman–Crippen LogP) is -0.0990. The maximum absolute atomic E-state index is 11.2. The van der Waals surface area contributed by atoms with Crippen molar-refractivity contribution in [3.63, 3.8) is 0 Å². The van der Waals surface area contributed by atoms with Crippen LogP contribution in [0.5, 0.6) is 0 Å². The lowest BCUT2D eigenvalue weighted by molar-refractivity contribution is -0.145. The van der Waals surface area contributed by atoms with Crippen molar-refractivity contribution in [1.82, 2.24) is 10.2 Å². The maximum atomic E-state index is 11.2. The third-order valence-electron chi connectivity index (χ3n) is 3.17. The molecule has 1 rings (SSSR count). The van der Waals surface area contributed by atoms with Crippen molar-refractivity contribution in [2.45, 2.75) is 45.3 Å². The summed E-state index contributed by atoms with van der Waals surface area (Å²) in [5, 5.41) is 12.7. The summed E-state index contributed by atoms with van der Waals surface area (Å²) in [4.78, 5) is 24.3. The Bertz CT molecular complexity index is 301. The molecule has 1 atom stereocenters. The van der Waals surface area contributed by atoms with E-state index in [2.05, 4.69) is 10.2 Å². The monoisotopic (exact) mass is 272 g/mol. The molecule has 1 aliphatic rings. The molecule has 2 N–H and O–H groups in total. The second-order valence-corrected chi connectivity index (χ2v) is 4.94. The van der Waals surface area contributed by atoms with Gasteiger partial charge in [-0.25, -0.2) is 0 Å². The molecule has 1 amide bonds. The molecule has 0 aromatic rings. The van der Waals surface area contributed by atoms with Gasteiger partial charge in [0.05, 0.1) is 19.1 Å². The number of esters is 1. The standard InChI is InChI=1S/C13H24N2O4/c1-3-19-13(18)8-12(17)9-15-6-4-11(5-7-15)14-10(2)16/h11-12,17H,3-9H2,1-2H3,(H,14,16). The lowest BCUT2D eigenvalue weighted by atomic mass is 10.0. The zero-order chi connectivity index (χ0) is 14.3. The molecule has 110 valence electrons. The van der Waals surface area contributed by atoms with E-state index in [4.69, 9.17) is 4.74 Å². The molecule has 0 spiro atoms. The summed E-state index contributed by atoms with van der Waals surface area (Å²) in [5.74, 6) is -0.357. The van der Waals surface area contributed by atoms with E-state index in [9.17, 15) is 14.7 Å². The Hall–Kier alpha value is -1.14. The first-order chi connectivity index (χ1) is 9.01. The Morgan fingerprint density at radius 1 is 1.42 bits per heavy atom. The van der Waals surface area contributed by atoms with Gasteiger partial charge >= 0.3 is 5.97 Å². The Morgan fingerprint density at radius 3 is 2.58 bits per heavy atom. The van der Waals surface area contributed by atoms with E-state index < -0.39 is 6.10 Å². The number of carbonyl (C=O) groups excluding carboxylic acids is 2. The maximum Gasteiger partial charge on any atom is 0.308 e. The second kappa shape index (κ2) is 8.12. The van der Waals surface area contributed by atoms with Gasteiger partial charge in [-0.3, -0.25) is 9.59 Å². The first-order valence-electron chi connectivity index (χ1n) is 6.84. The van der Waals surface area contributed by atoms with E-state index in [1.165, 1.54) is 6.92 Å². The number of aliphatic hydroxyl groups is 1. The van der Waals surface area contributed by atoms with Gasteiger partial charge in [0, 0.05) is 32.6 Å². The number of nitrogens with one attached hydrogen (secondary N) is 1. The van der Waals surface area contributed by atoms with Gasteiger partial charge in [0.25, 0.3) is 0 Å². The van der Waals surface area contributed by atoms with Gasteiger partial charge in [-0.1, -0.05) is 0 Å². The average Bonchev–Trinajstić information content (AvgIpc) is 2.31. The molecule has 1 unspecified atom stereocenters. The van der Waals surface area contributed by atoms with E-state index in [1.54, 1.807) is 6.92 Å².